The lowest BCUT2D eigenvalue weighted by Crippen LogP contribution is -1.90. The zero-order valence-electron chi connectivity index (χ0n) is 6.59. The molecule has 0 radical (unpaired) electrons. The van der Waals surface area contributed by atoms with E-state index in [1.807, 2.05) is 24.3 Å². The van der Waals surface area contributed by atoms with Gasteiger partial charge in [0.25, 0.3) is 0 Å². The van der Waals surface area contributed by atoms with Crippen LogP contribution in [-0.4, -0.2) is 4.98 Å². The Hall–Kier alpha value is -0.800. The van der Waals surface area contributed by atoms with E-state index in [2.05, 4.69) is 20.9 Å². The highest BCUT2D eigenvalue weighted by molar-refractivity contribution is 9.10. The van der Waals surface area contributed by atoms with Crippen LogP contribution < -0.4 is 5.73 Å². The molecule has 0 aliphatic rings. The highest BCUT2D eigenvalue weighted by Crippen LogP contribution is 2.26. The van der Waals surface area contributed by atoms with Gasteiger partial charge in [0, 0.05) is 10.4 Å². The third-order valence-electron chi connectivity index (χ3n) is 1.77. The molecule has 0 amide bonds. The van der Waals surface area contributed by atoms with Gasteiger partial charge < -0.3 is 5.73 Å². The van der Waals surface area contributed by atoms with E-state index in [4.69, 9.17) is 17.3 Å². The maximum atomic E-state index is 5.85. The summed E-state index contributed by atoms with van der Waals surface area (Å²) in [6, 6.07) is 7.42. The number of nitrogen functional groups attached to an aromatic ring is 1. The minimum atomic E-state index is 0.502. The van der Waals surface area contributed by atoms with Crippen molar-refractivity contribution in [2.75, 3.05) is 5.73 Å². The summed E-state index contributed by atoms with van der Waals surface area (Å²) < 4.78 is 0.727. The van der Waals surface area contributed by atoms with Crippen molar-refractivity contribution in [3.63, 3.8) is 0 Å². The second kappa shape index (κ2) is 3.16. The molecule has 2 N–H and O–H groups in total. The number of halogens is 2. The molecule has 0 atom stereocenters. The van der Waals surface area contributed by atoms with Gasteiger partial charge in [-0.15, -0.1) is 0 Å². The SMILES string of the molecule is Nc1cc2ccc(Cl)cc2c(Br)n1. The number of hydrogen-bond donors (Lipinski definition) is 1. The van der Waals surface area contributed by atoms with Crippen molar-refractivity contribution in [3.8, 4) is 0 Å². The van der Waals surface area contributed by atoms with Crippen molar-refractivity contribution in [1.29, 1.82) is 0 Å². The summed E-state index contributed by atoms with van der Waals surface area (Å²) in [6.07, 6.45) is 0. The first-order valence-electron chi connectivity index (χ1n) is 3.68. The normalized spacial score (nSPS) is 10.6. The van der Waals surface area contributed by atoms with Gasteiger partial charge in [-0.25, -0.2) is 4.98 Å². The molecule has 1 aromatic carbocycles. The molecule has 2 nitrogen and oxygen atoms in total. The molecule has 0 saturated heterocycles. The molecule has 13 heavy (non-hydrogen) atoms. The number of nitrogens with two attached hydrogens (primary N) is 1. The summed E-state index contributed by atoms with van der Waals surface area (Å²) in [4.78, 5) is 4.08. The van der Waals surface area contributed by atoms with Crippen molar-refractivity contribution in [2.45, 2.75) is 0 Å². The fourth-order valence-corrected chi connectivity index (χ4v) is 1.92. The molecule has 0 unspecified atom stereocenters. The first-order chi connectivity index (χ1) is 6.16. The summed E-state index contributed by atoms with van der Waals surface area (Å²) in [6.45, 7) is 0. The molecule has 1 heterocycles. The standard InChI is InChI=1S/C9H6BrClN2/c10-9-7-4-6(11)2-1-5(7)3-8(12)13-9/h1-4H,(H2,12,13). The van der Waals surface area contributed by atoms with E-state index >= 15 is 0 Å². The summed E-state index contributed by atoms with van der Waals surface area (Å²) in [7, 11) is 0. The van der Waals surface area contributed by atoms with Crippen molar-refractivity contribution in [1.82, 2.24) is 4.98 Å². The Balaban J connectivity index is 2.87. The largest absolute Gasteiger partial charge is 0.384 e. The van der Waals surface area contributed by atoms with Gasteiger partial charge in [0.05, 0.1) is 0 Å². The molecule has 0 bridgehead atoms. The van der Waals surface area contributed by atoms with Crippen LogP contribution in [0.4, 0.5) is 5.82 Å². The Bertz CT molecular complexity index is 470. The quantitative estimate of drug-likeness (QED) is 0.736. The van der Waals surface area contributed by atoms with Gasteiger partial charge in [-0.05, 0) is 39.5 Å². The zero-order chi connectivity index (χ0) is 9.42. The summed E-state index contributed by atoms with van der Waals surface area (Å²) in [5.74, 6) is 0.502. The minimum Gasteiger partial charge on any atom is -0.384 e. The molecule has 2 rings (SSSR count). The molecule has 66 valence electrons. The number of benzene rings is 1. The first kappa shape index (κ1) is 8.78. The molecule has 0 aliphatic heterocycles. The van der Waals surface area contributed by atoms with Crippen LogP contribution in [0.25, 0.3) is 10.8 Å². The lowest BCUT2D eigenvalue weighted by atomic mass is 10.2. The van der Waals surface area contributed by atoms with Crippen LogP contribution in [0.3, 0.4) is 0 Å². The third-order valence-corrected chi connectivity index (χ3v) is 2.61. The second-order valence-corrected chi connectivity index (χ2v) is 3.89. The lowest BCUT2D eigenvalue weighted by molar-refractivity contribution is 1.32. The Morgan fingerprint density at radius 2 is 2.08 bits per heavy atom. The average molecular weight is 258 g/mol. The maximum Gasteiger partial charge on any atom is 0.125 e. The lowest BCUT2D eigenvalue weighted by Gasteiger charge is -2.01. The number of pyridine rings is 1. The van der Waals surface area contributed by atoms with Crippen LogP contribution in [-0.2, 0) is 0 Å². The average Bonchev–Trinajstić information content (AvgIpc) is 2.06. The number of nitrogens with zero attached hydrogens (tertiary/aromatic N) is 1. The van der Waals surface area contributed by atoms with Crippen LogP contribution in [0.5, 0.6) is 0 Å². The van der Waals surface area contributed by atoms with Gasteiger partial charge in [-0.3, -0.25) is 0 Å². The number of hydrogen-bond acceptors (Lipinski definition) is 2. The number of aromatic nitrogens is 1. The Kier molecular flexibility index (Phi) is 2.14. The number of fused-ring (bicyclic) bond motifs is 1. The fourth-order valence-electron chi connectivity index (χ4n) is 1.20. The molecule has 0 aliphatic carbocycles. The third kappa shape index (κ3) is 1.62. The molecule has 2 aromatic rings. The predicted octanol–water partition coefficient (Wildman–Crippen LogP) is 3.23. The minimum absolute atomic E-state index is 0.502. The topological polar surface area (TPSA) is 38.9 Å². The molecule has 0 fully saturated rings. The van der Waals surface area contributed by atoms with Crippen LogP contribution in [0.1, 0.15) is 0 Å². The summed E-state index contributed by atoms with van der Waals surface area (Å²) >= 11 is 9.18. The van der Waals surface area contributed by atoms with Crippen LogP contribution in [0, 0.1) is 0 Å². The van der Waals surface area contributed by atoms with E-state index in [0.717, 1.165) is 15.4 Å². The fraction of sp³-hybridized carbons (Fsp3) is 0. The van der Waals surface area contributed by atoms with Gasteiger partial charge >= 0.3 is 0 Å². The number of rotatable bonds is 0. The van der Waals surface area contributed by atoms with Crippen molar-refractivity contribution in [3.05, 3.63) is 33.9 Å². The Morgan fingerprint density at radius 1 is 1.31 bits per heavy atom. The van der Waals surface area contributed by atoms with Gasteiger partial charge in [0.2, 0.25) is 0 Å². The van der Waals surface area contributed by atoms with E-state index in [1.165, 1.54) is 0 Å². The van der Waals surface area contributed by atoms with Gasteiger partial charge in [-0.2, -0.15) is 0 Å². The summed E-state index contributed by atoms with van der Waals surface area (Å²) in [5, 5.41) is 2.70. The zero-order valence-corrected chi connectivity index (χ0v) is 8.93. The van der Waals surface area contributed by atoms with Crippen LogP contribution in [0.2, 0.25) is 5.02 Å². The highest BCUT2D eigenvalue weighted by Gasteiger charge is 2.01. The molecule has 1 aromatic heterocycles. The smallest absolute Gasteiger partial charge is 0.125 e. The van der Waals surface area contributed by atoms with Crippen molar-refractivity contribution < 1.29 is 0 Å². The molecular weight excluding hydrogens is 251 g/mol. The van der Waals surface area contributed by atoms with E-state index in [0.29, 0.717) is 10.8 Å². The first-order valence-corrected chi connectivity index (χ1v) is 4.85. The van der Waals surface area contributed by atoms with E-state index in [-0.39, 0.29) is 0 Å². The van der Waals surface area contributed by atoms with Crippen LogP contribution in [0.15, 0.2) is 28.9 Å². The van der Waals surface area contributed by atoms with Gasteiger partial charge in [0.1, 0.15) is 10.4 Å². The number of anilines is 1. The monoisotopic (exact) mass is 256 g/mol. The maximum absolute atomic E-state index is 5.85. The molecular formula is C9H6BrClN2. The van der Waals surface area contributed by atoms with Gasteiger partial charge in [0.15, 0.2) is 0 Å². The van der Waals surface area contributed by atoms with E-state index < -0.39 is 0 Å². The Labute approximate surface area is 88.8 Å². The Morgan fingerprint density at radius 3 is 2.85 bits per heavy atom. The molecule has 4 heteroatoms. The van der Waals surface area contributed by atoms with Crippen LogP contribution >= 0.6 is 27.5 Å². The van der Waals surface area contributed by atoms with E-state index in [1.54, 1.807) is 0 Å². The van der Waals surface area contributed by atoms with Crippen molar-refractivity contribution >= 4 is 44.1 Å². The van der Waals surface area contributed by atoms with E-state index in [9.17, 15) is 0 Å². The highest BCUT2D eigenvalue weighted by atomic mass is 79.9. The predicted molar refractivity (Wildman–Crippen MR) is 58.9 cm³/mol. The summed E-state index contributed by atoms with van der Waals surface area (Å²) in [5.41, 5.74) is 5.59. The molecule has 0 saturated carbocycles. The second-order valence-electron chi connectivity index (χ2n) is 2.70. The van der Waals surface area contributed by atoms with Crippen molar-refractivity contribution in [2.24, 2.45) is 0 Å². The molecule has 0 spiro atoms. The van der Waals surface area contributed by atoms with Gasteiger partial charge in [-0.1, -0.05) is 17.7 Å².